The summed E-state index contributed by atoms with van der Waals surface area (Å²) in [6.07, 6.45) is 0. The zero-order valence-corrected chi connectivity index (χ0v) is 11.9. The molecule has 1 unspecified atom stereocenters. The molecule has 0 bridgehead atoms. The monoisotopic (exact) mass is 352 g/mol. The fraction of sp³-hybridized carbons (Fsp3) is 0.222. The lowest BCUT2D eigenvalue weighted by Crippen LogP contribution is -2.32. The molecule has 104 valence electrons. The number of nitro groups is 1. The highest BCUT2D eigenvalue weighted by atomic mass is 79.9. The minimum Gasteiger partial charge on any atom is -0.480 e. The highest BCUT2D eigenvalue weighted by Gasteiger charge is 2.27. The van der Waals surface area contributed by atoms with Crippen molar-refractivity contribution in [3.05, 3.63) is 32.8 Å². The van der Waals surface area contributed by atoms with Crippen LogP contribution >= 0.6 is 15.9 Å². The molecule has 2 N–H and O–H groups in total. The Labute approximate surface area is 116 Å². The third kappa shape index (κ3) is 3.64. The number of rotatable bonds is 5. The zero-order valence-electron chi connectivity index (χ0n) is 9.53. The van der Waals surface area contributed by atoms with Crippen LogP contribution in [0.5, 0.6) is 0 Å². The number of aliphatic carboxylic acids is 1. The van der Waals surface area contributed by atoms with Crippen LogP contribution < -0.4 is 4.72 Å². The highest BCUT2D eigenvalue weighted by molar-refractivity contribution is 9.10. The van der Waals surface area contributed by atoms with E-state index in [0.29, 0.717) is 0 Å². The first-order valence-electron chi connectivity index (χ1n) is 4.83. The fourth-order valence-electron chi connectivity index (χ4n) is 1.10. The Bertz CT molecular complexity index is 630. The zero-order chi connectivity index (χ0) is 14.8. The number of carboxylic acids is 1. The van der Waals surface area contributed by atoms with Gasteiger partial charge in [0.25, 0.3) is 5.69 Å². The van der Waals surface area contributed by atoms with E-state index in [1.165, 1.54) is 12.1 Å². The number of hydrogen-bond donors (Lipinski definition) is 2. The van der Waals surface area contributed by atoms with Gasteiger partial charge in [-0.3, -0.25) is 19.6 Å². The summed E-state index contributed by atoms with van der Waals surface area (Å²) in [5.74, 6) is -1.49. The van der Waals surface area contributed by atoms with Gasteiger partial charge in [0.2, 0.25) is 10.0 Å². The first-order chi connectivity index (χ1) is 8.65. The molecule has 1 aromatic rings. The minimum absolute atomic E-state index is 0.0329. The Balaban J connectivity index is 3.05. The molecular formula is C9H9BrN2O6S. The van der Waals surface area contributed by atoms with Crippen molar-refractivity contribution in [2.24, 2.45) is 0 Å². The van der Waals surface area contributed by atoms with Gasteiger partial charge >= 0.3 is 5.97 Å². The van der Waals surface area contributed by atoms with E-state index in [4.69, 9.17) is 5.11 Å². The number of halogens is 1. The molecule has 0 aliphatic rings. The lowest BCUT2D eigenvalue weighted by molar-refractivity contribution is -0.385. The second-order valence-corrected chi connectivity index (χ2v) is 6.41. The molecule has 10 heteroatoms. The molecule has 0 radical (unpaired) electrons. The first kappa shape index (κ1) is 15.4. The van der Waals surface area contributed by atoms with Gasteiger partial charge in [0.05, 0.1) is 15.1 Å². The van der Waals surface area contributed by atoms with Gasteiger partial charge in [-0.1, -0.05) is 0 Å². The number of sulfonamides is 1. The normalized spacial score (nSPS) is 12.7. The van der Waals surface area contributed by atoms with Crippen LogP contribution in [-0.2, 0) is 14.8 Å². The van der Waals surface area contributed by atoms with E-state index in [2.05, 4.69) is 15.9 Å². The van der Waals surface area contributed by atoms with Crippen molar-refractivity contribution in [1.82, 2.24) is 0 Å². The molecule has 0 saturated heterocycles. The maximum Gasteiger partial charge on any atom is 0.323 e. The van der Waals surface area contributed by atoms with Gasteiger partial charge in [0, 0.05) is 6.07 Å². The van der Waals surface area contributed by atoms with Gasteiger partial charge in [-0.15, -0.1) is 0 Å². The lowest BCUT2D eigenvalue weighted by atomic mass is 10.3. The summed E-state index contributed by atoms with van der Waals surface area (Å²) >= 11 is 2.93. The van der Waals surface area contributed by atoms with Crippen molar-refractivity contribution in [3.63, 3.8) is 0 Å². The van der Waals surface area contributed by atoms with Gasteiger partial charge in [-0.2, -0.15) is 0 Å². The molecule has 0 amide bonds. The molecular weight excluding hydrogens is 344 g/mol. The Morgan fingerprint density at radius 1 is 1.53 bits per heavy atom. The second kappa shape index (κ2) is 5.53. The fourth-order valence-corrected chi connectivity index (χ4v) is 2.53. The van der Waals surface area contributed by atoms with Gasteiger partial charge < -0.3 is 5.11 Å². The number of anilines is 1. The van der Waals surface area contributed by atoms with Crippen LogP contribution in [0.15, 0.2) is 22.7 Å². The van der Waals surface area contributed by atoms with E-state index in [-0.39, 0.29) is 15.8 Å². The van der Waals surface area contributed by atoms with Crippen molar-refractivity contribution in [1.29, 1.82) is 0 Å². The van der Waals surface area contributed by atoms with E-state index in [9.17, 15) is 23.3 Å². The molecule has 0 aromatic heterocycles. The van der Waals surface area contributed by atoms with Gasteiger partial charge in [0.1, 0.15) is 0 Å². The number of carbonyl (C=O) groups is 1. The Morgan fingerprint density at radius 2 is 2.11 bits per heavy atom. The first-order valence-corrected chi connectivity index (χ1v) is 7.17. The predicted molar refractivity (Wildman–Crippen MR) is 70.4 cm³/mol. The average Bonchev–Trinajstić information content (AvgIpc) is 2.26. The Hall–Kier alpha value is -1.68. The van der Waals surface area contributed by atoms with E-state index in [0.717, 1.165) is 13.0 Å². The highest BCUT2D eigenvalue weighted by Crippen LogP contribution is 2.28. The molecule has 1 rings (SSSR count). The van der Waals surface area contributed by atoms with Gasteiger partial charge in [-0.25, -0.2) is 8.42 Å². The number of nitro benzene ring substituents is 1. The predicted octanol–water partition coefficient (Wildman–Crippen LogP) is 1.57. The van der Waals surface area contributed by atoms with Crippen molar-refractivity contribution in [2.75, 3.05) is 4.72 Å². The summed E-state index contributed by atoms with van der Waals surface area (Å²) in [6.45, 7) is 1.02. The van der Waals surface area contributed by atoms with Crippen LogP contribution in [0.25, 0.3) is 0 Å². The molecule has 0 aliphatic carbocycles. The van der Waals surface area contributed by atoms with Crippen LogP contribution in [0.2, 0.25) is 0 Å². The van der Waals surface area contributed by atoms with Crippen LogP contribution in [0, 0.1) is 10.1 Å². The van der Waals surface area contributed by atoms with Crippen LogP contribution in [-0.4, -0.2) is 29.7 Å². The second-order valence-electron chi connectivity index (χ2n) is 3.55. The molecule has 0 fully saturated rings. The molecule has 0 spiro atoms. The van der Waals surface area contributed by atoms with Crippen molar-refractivity contribution < 1.29 is 23.2 Å². The molecule has 8 nitrogen and oxygen atoms in total. The third-order valence-corrected chi connectivity index (χ3v) is 4.51. The molecule has 0 saturated carbocycles. The Morgan fingerprint density at radius 3 is 2.53 bits per heavy atom. The van der Waals surface area contributed by atoms with Crippen LogP contribution in [0.4, 0.5) is 11.4 Å². The standard InChI is InChI=1S/C9H9BrN2O6S/c1-5(9(13)14)19(17,18)11-6-2-3-8(12(15)16)7(10)4-6/h2-5,11H,1H3,(H,13,14). The minimum atomic E-state index is -4.10. The number of benzene rings is 1. The summed E-state index contributed by atoms with van der Waals surface area (Å²) in [5, 5.41) is 17.6. The average molecular weight is 353 g/mol. The maximum absolute atomic E-state index is 11.6. The number of carboxylic acid groups (broad SMARTS) is 1. The lowest BCUT2D eigenvalue weighted by Gasteiger charge is -2.11. The van der Waals surface area contributed by atoms with E-state index >= 15 is 0 Å². The molecule has 0 aliphatic heterocycles. The van der Waals surface area contributed by atoms with E-state index in [1.54, 1.807) is 0 Å². The quantitative estimate of drug-likeness (QED) is 0.611. The third-order valence-electron chi connectivity index (χ3n) is 2.22. The summed E-state index contributed by atoms with van der Waals surface area (Å²) in [6, 6.07) is 3.46. The summed E-state index contributed by atoms with van der Waals surface area (Å²) in [7, 11) is -4.10. The van der Waals surface area contributed by atoms with E-state index in [1.807, 2.05) is 4.72 Å². The summed E-state index contributed by atoms with van der Waals surface area (Å²) in [4.78, 5) is 20.6. The van der Waals surface area contributed by atoms with Crippen LogP contribution in [0.3, 0.4) is 0 Å². The number of nitrogens with one attached hydrogen (secondary N) is 1. The van der Waals surface area contributed by atoms with Crippen LogP contribution in [0.1, 0.15) is 6.92 Å². The Kier molecular flexibility index (Phi) is 4.48. The van der Waals surface area contributed by atoms with Gasteiger partial charge in [-0.05, 0) is 35.0 Å². The van der Waals surface area contributed by atoms with E-state index < -0.39 is 26.2 Å². The maximum atomic E-state index is 11.6. The summed E-state index contributed by atoms with van der Waals surface area (Å²) < 4.78 is 25.4. The van der Waals surface area contributed by atoms with Crippen molar-refractivity contribution >= 4 is 43.3 Å². The molecule has 1 atom stereocenters. The molecule has 1 aromatic carbocycles. The molecule has 19 heavy (non-hydrogen) atoms. The topological polar surface area (TPSA) is 127 Å². The smallest absolute Gasteiger partial charge is 0.323 e. The van der Waals surface area contributed by atoms with Gasteiger partial charge in [0.15, 0.2) is 5.25 Å². The number of nitrogens with zero attached hydrogens (tertiary/aromatic N) is 1. The SMILES string of the molecule is CC(C(=O)O)S(=O)(=O)Nc1ccc([N+](=O)[O-])c(Br)c1. The van der Waals surface area contributed by atoms with Crippen molar-refractivity contribution in [2.45, 2.75) is 12.2 Å². The largest absolute Gasteiger partial charge is 0.480 e. The molecule has 0 heterocycles. The van der Waals surface area contributed by atoms with Crippen molar-refractivity contribution in [3.8, 4) is 0 Å². The number of hydrogen-bond acceptors (Lipinski definition) is 5. The summed E-state index contributed by atoms with van der Waals surface area (Å²) in [5.41, 5.74) is -0.195.